The van der Waals surface area contributed by atoms with Gasteiger partial charge in [0.15, 0.2) is 0 Å². The van der Waals surface area contributed by atoms with Gasteiger partial charge in [-0.3, -0.25) is 0 Å². The molecule has 1 aromatic carbocycles. The maximum absolute atomic E-state index is 13.3. The maximum Gasteiger partial charge on any atom is 0.145 e. The monoisotopic (exact) mass is 349 g/mol. The molecular weight excluding hydrogens is 344 g/mol. The zero-order valence-electron chi connectivity index (χ0n) is 8.96. The fourth-order valence-electron chi connectivity index (χ4n) is 1.30. The number of nitrogens with zero attached hydrogens (tertiary/aromatic N) is 1. The fourth-order valence-corrected chi connectivity index (χ4v) is 2.22. The predicted molar refractivity (Wildman–Crippen MR) is 72.7 cm³/mol. The van der Waals surface area contributed by atoms with E-state index in [1.54, 1.807) is 18.3 Å². The van der Waals surface area contributed by atoms with E-state index in [1.165, 1.54) is 12.1 Å². The van der Waals surface area contributed by atoms with Crippen LogP contribution < -0.4 is 4.74 Å². The predicted octanol–water partition coefficient (Wildman–Crippen LogP) is 4.87. The van der Waals surface area contributed by atoms with Crippen LogP contribution in [0.3, 0.4) is 0 Å². The van der Waals surface area contributed by atoms with Crippen molar-refractivity contribution < 1.29 is 9.13 Å². The number of rotatable bonds is 3. The molecule has 0 aliphatic carbocycles. The highest BCUT2D eigenvalue weighted by Gasteiger charge is 2.09. The van der Waals surface area contributed by atoms with Crippen molar-refractivity contribution in [2.75, 3.05) is 0 Å². The van der Waals surface area contributed by atoms with Gasteiger partial charge in [-0.05, 0) is 28.1 Å². The summed E-state index contributed by atoms with van der Waals surface area (Å²) in [5.74, 6) is -0.177. The third-order valence-electron chi connectivity index (χ3n) is 2.19. The van der Waals surface area contributed by atoms with Crippen LogP contribution in [0, 0.1) is 5.82 Å². The molecule has 0 aliphatic rings. The van der Waals surface area contributed by atoms with Crippen LogP contribution in [-0.2, 0) is 6.61 Å². The van der Waals surface area contributed by atoms with Gasteiger partial charge in [0, 0.05) is 17.8 Å². The normalized spacial score (nSPS) is 10.4. The molecule has 0 fully saturated rings. The largest absolute Gasteiger partial charge is 0.487 e. The first-order valence-corrected chi connectivity index (χ1v) is 6.49. The van der Waals surface area contributed by atoms with Gasteiger partial charge >= 0.3 is 0 Å². The summed E-state index contributed by atoms with van der Waals surface area (Å²) in [6, 6.07) is 6.20. The number of hydrogen-bond acceptors (Lipinski definition) is 2. The topological polar surface area (TPSA) is 22.1 Å². The first-order valence-electron chi connectivity index (χ1n) is 4.94. The minimum Gasteiger partial charge on any atom is -0.487 e. The summed E-state index contributed by atoms with van der Waals surface area (Å²) >= 11 is 14.8. The minimum atomic E-state index is -0.535. The Bertz CT molecular complexity index is 580. The molecule has 2 nitrogen and oxygen atoms in total. The zero-order chi connectivity index (χ0) is 13.1. The summed E-state index contributed by atoms with van der Waals surface area (Å²) in [4.78, 5) is 3.92. The van der Waals surface area contributed by atoms with E-state index in [0.717, 1.165) is 5.56 Å². The second-order valence-electron chi connectivity index (χ2n) is 3.44. The molecule has 1 aromatic heterocycles. The molecule has 0 bridgehead atoms. The number of halogens is 4. The number of hydrogen-bond donors (Lipinski definition) is 0. The maximum atomic E-state index is 13.3. The van der Waals surface area contributed by atoms with E-state index < -0.39 is 5.82 Å². The van der Waals surface area contributed by atoms with Crippen molar-refractivity contribution in [3.8, 4) is 5.75 Å². The average molecular weight is 351 g/mol. The zero-order valence-corrected chi connectivity index (χ0v) is 12.1. The highest BCUT2D eigenvalue weighted by molar-refractivity contribution is 9.10. The molecule has 0 spiro atoms. The van der Waals surface area contributed by atoms with Crippen LogP contribution in [0.25, 0.3) is 0 Å². The minimum absolute atomic E-state index is 0.0358. The van der Waals surface area contributed by atoms with Gasteiger partial charge in [-0.2, -0.15) is 0 Å². The summed E-state index contributed by atoms with van der Waals surface area (Å²) in [5.41, 5.74) is 0.724. The molecule has 0 N–H and O–H groups in total. The lowest BCUT2D eigenvalue weighted by atomic mass is 10.3. The van der Waals surface area contributed by atoms with Crippen LogP contribution in [0.15, 0.2) is 34.9 Å². The van der Waals surface area contributed by atoms with E-state index in [2.05, 4.69) is 20.9 Å². The van der Waals surface area contributed by atoms with Gasteiger partial charge in [-0.25, -0.2) is 9.37 Å². The third kappa shape index (κ3) is 3.13. The van der Waals surface area contributed by atoms with Crippen LogP contribution in [-0.4, -0.2) is 4.98 Å². The highest BCUT2D eigenvalue weighted by Crippen LogP contribution is 2.31. The van der Waals surface area contributed by atoms with Crippen molar-refractivity contribution in [3.63, 3.8) is 0 Å². The number of aromatic nitrogens is 1. The molecule has 0 amide bonds. The van der Waals surface area contributed by atoms with Gasteiger partial charge in [0.25, 0.3) is 0 Å². The van der Waals surface area contributed by atoms with Gasteiger partial charge in [-0.15, -0.1) is 0 Å². The SMILES string of the molecule is Fc1cc(OCc2cccnc2Cl)c(Br)cc1Cl. The summed E-state index contributed by atoms with van der Waals surface area (Å²) in [6.07, 6.45) is 1.59. The van der Waals surface area contributed by atoms with Gasteiger partial charge < -0.3 is 4.74 Å². The van der Waals surface area contributed by atoms with Crippen molar-refractivity contribution in [1.82, 2.24) is 4.98 Å². The van der Waals surface area contributed by atoms with Crippen molar-refractivity contribution in [2.45, 2.75) is 6.61 Å². The van der Waals surface area contributed by atoms with E-state index in [9.17, 15) is 4.39 Å². The summed E-state index contributed by atoms with van der Waals surface area (Å²) in [7, 11) is 0. The lowest BCUT2D eigenvalue weighted by Gasteiger charge is -2.09. The molecule has 0 saturated carbocycles. The summed E-state index contributed by atoms with van der Waals surface area (Å²) in [6.45, 7) is 0.201. The Kier molecular flexibility index (Phi) is 4.43. The molecular formula is C12H7BrCl2FNO. The number of benzene rings is 1. The Hall–Kier alpha value is -0.840. The second kappa shape index (κ2) is 5.87. The Morgan fingerprint density at radius 2 is 2.11 bits per heavy atom. The fraction of sp³-hybridized carbons (Fsp3) is 0.0833. The summed E-state index contributed by atoms with van der Waals surface area (Å²) < 4.78 is 19.3. The van der Waals surface area contributed by atoms with E-state index in [0.29, 0.717) is 15.4 Å². The third-order valence-corrected chi connectivity index (χ3v) is 3.44. The van der Waals surface area contributed by atoms with Gasteiger partial charge in [0.05, 0.1) is 9.50 Å². The Labute approximate surface area is 122 Å². The number of ether oxygens (including phenoxy) is 1. The van der Waals surface area contributed by atoms with Gasteiger partial charge in [0.1, 0.15) is 23.3 Å². The molecule has 0 unspecified atom stereocenters. The molecule has 0 saturated heterocycles. The molecule has 2 rings (SSSR count). The standard InChI is InChI=1S/C12H7BrCl2FNO/c13-8-4-9(14)10(16)5-11(8)18-6-7-2-1-3-17-12(7)15/h1-5H,6H2. The highest BCUT2D eigenvalue weighted by atomic mass is 79.9. The lowest BCUT2D eigenvalue weighted by molar-refractivity contribution is 0.302. The first-order chi connectivity index (χ1) is 8.58. The Balaban J connectivity index is 2.16. The van der Waals surface area contributed by atoms with Crippen LogP contribution in [0.4, 0.5) is 4.39 Å². The van der Waals surface area contributed by atoms with Crippen molar-refractivity contribution in [1.29, 1.82) is 0 Å². The smallest absolute Gasteiger partial charge is 0.145 e. The molecule has 1 heterocycles. The molecule has 18 heavy (non-hydrogen) atoms. The number of pyridine rings is 1. The molecule has 0 atom stereocenters. The lowest BCUT2D eigenvalue weighted by Crippen LogP contribution is -1.98. The molecule has 6 heteroatoms. The van der Waals surface area contributed by atoms with E-state index in [4.69, 9.17) is 27.9 Å². The summed E-state index contributed by atoms with van der Waals surface area (Å²) in [5, 5.41) is 0.400. The van der Waals surface area contributed by atoms with Crippen LogP contribution >= 0.6 is 39.1 Å². The average Bonchev–Trinajstić information content (AvgIpc) is 2.34. The van der Waals surface area contributed by atoms with Gasteiger partial charge in [-0.1, -0.05) is 29.3 Å². The second-order valence-corrected chi connectivity index (χ2v) is 5.06. The van der Waals surface area contributed by atoms with E-state index >= 15 is 0 Å². The molecule has 0 radical (unpaired) electrons. The van der Waals surface area contributed by atoms with E-state index in [1.807, 2.05) is 0 Å². The molecule has 94 valence electrons. The van der Waals surface area contributed by atoms with Crippen LogP contribution in [0.5, 0.6) is 5.75 Å². The first kappa shape index (κ1) is 13.6. The Morgan fingerprint density at radius 1 is 1.33 bits per heavy atom. The Morgan fingerprint density at radius 3 is 2.83 bits per heavy atom. The van der Waals surface area contributed by atoms with E-state index in [-0.39, 0.29) is 11.6 Å². The van der Waals surface area contributed by atoms with Crippen LogP contribution in [0.2, 0.25) is 10.2 Å². The van der Waals surface area contributed by atoms with Crippen LogP contribution in [0.1, 0.15) is 5.56 Å². The van der Waals surface area contributed by atoms with Gasteiger partial charge in [0.2, 0.25) is 0 Å². The van der Waals surface area contributed by atoms with Crippen molar-refractivity contribution >= 4 is 39.1 Å². The quantitative estimate of drug-likeness (QED) is 0.582. The molecule has 0 aliphatic heterocycles. The molecule has 2 aromatic rings. The van der Waals surface area contributed by atoms with Crippen molar-refractivity contribution in [2.24, 2.45) is 0 Å². The van der Waals surface area contributed by atoms with Crippen molar-refractivity contribution in [3.05, 3.63) is 56.5 Å².